The molecular formula is C13H10BrCl2N3O3. The van der Waals surface area contributed by atoms with E-state index in [1.165, 1.54) is 22.9 Å². The van der Waals surface area contributed by atoms with Crippen molar-refractivity contribution in [3.05, 3.63) is 62.3 Å². The molecule has 1 N–H and O–H groups in total. The van der Waals surface area contributed by atoms with Crippen molar-refractivity contribution >= 4 is 44.8 Å². The van der Waals surface area contributed by atoms with Crippen molar-refractivity contribution in [1.29, 1.82) is 0 Å². The van der Waals surface area contributed by atoms with Crippen LogP contribution >= 0.6 is 27.5 Å². The number of aromatic nitrogens is 1. The fraction of sp³-hybridized carbons (Fsp3) is 0.0769. The minimum absolute atomic E-state index is 0. The van der Waals surface area contributed by atoms with E-state index in [9.17, 15) is 14.9 Å². The highest BCUT2D eigenvalue weighted by Gasteiger charge is 2.24. The molecule has 2 rings (SSSR count). The standard InChI is InChI=1S/C13H9BrClN3O3.ClH/c14-9-3-5-10(6-4-9)16-12(19)8-17-7-1-2-11(13(17)15)18(20)21;/h1-7H,8H2;1H. The molecule has 0 bridgehead atoms. The van der Waals surface area contributed by atoms with E-state index in [0.29, 0.717) is 5.69 Å². The summed E-state index contributed by atoms with van der Waals surface area (Å²) >= 11 is 9.21. The van der Waals surface area contributed by atoms with Crippen LogP contribution in [0.2, 0.25) is 5.15 Å². The van der Waals surface area contributed by atoms with Crippen molar-refractivity contribution in [2.75, 3.05) is 5.32 Å². The maximum Gasteiger partial charge on any atom is 0.354 e. The second-order valence-corrected chi connectivity index (χ2v) is 5.40. The third-order valence-electron chi connectivity index (χ3n) is 2.62. The first-order valence-corrected chi connectivity index (χ1v) is 7.02. The van der Waals surface area contributed by atoms with E-state index in [-0.39, 0.29) is 35.7 Å². The lowest BCUT2D eigenvalue weighted by Crippen LogP contribution is -3.00. The van der Waals surface area contributed by atoms with Gasteiger partial charge in [0.25, 0.3) is 5.91 Å². The highest BCUT2D eigenvalue weighted by atomic mass is 79.9. The highest BCUT2D eigenvalue weighted by Crippen LogP contribution is 2.19. The molecule has 1 aromatic heterocycles. The van der Waals surface area contributed by atoms with Gasteiger partial charge in [-0.3, -0.25) is 14.9 Å². The molecule has 1 amide bonds. The number of pyridine rings is 1. The zero-order valence-electron chi connectivity index (χ0n) is 11.0. The fourth-order valence-electron chi connectivity index (χ4n) is 1.67. The van der Waals surface area contributed by atoms with Gasteiger partial charge in [0, 0.05) is 22.3 Å². The smallest absolute Gasteiger partial charge is 0.354 e. The van der Waals surface area contributed by atoms with Gasteiger partial charge in [-0.25, -0.2) is 0 Å². The summed E-state index contributed by atoms with van der Waals surface area (Å²) in [4.78, 5) is 22.1. The topological polar surface area (TPSA) is 76.1 Å². The van der Waals surface area contributed by atoms with Crippen molar-refractivity contribution in [1.82, 2.24) is 0 Å². The molecule has 1 heterocycles. The SMILES string of the molecule is O=C(C[n+]1cccc([N+](=O)[O-])c1Cl)Nc1ccc(Br)cc1.[Cl-]. The number of benzene rings is 1. The third-order valence-corrected chi connectivity index (χ3v) is 3.56. The molecular weight excluding hydrogens is 397 g/mol. The van der Waals surface area contributed by atoms with Crippen LogP contribution in [0.25, 0.3) is 0 Å². The number of nitrogens with zero attached hydrogens (tertiary/aromatic N) is 2. The predicted octanol–water partition coefficient (Wildman–Crippen LogP) is -0.0591. The van der Waals surface area contributed by atoms with Crippen LogP contribution in [0.4, 0.5) is 11.4 Å². The second kappa shape index (κ2) is 8.07. The van der Waals surface area contributed by atoms with Crippen molar-refractivity contribution in [2.24, 2.45) is 0 Å². The molecule has 22 heavy (non-hydrogen) atoms. The number of anilines is 1. The maximum atomic E-state index is 11.9. The molecule has 1 aromatic carbocycles. The molecule has 0 saturated heterocycles. The normalized spacial score (nSPS) is 9.73. The van der Waals surface area contributed by atoms with Gasteiger partial charge in [0.05, 0.1) is 4.92 Å². The van der Waals surface area contributed by atoms with Gasteiger partial charge >= 0.3 is 10.8 Å². The van der Waals surface area contributed by atoms with Gasteiger partial charge in [-0.05, 0) is 35.9 Å². The summed E-state index contributed by atoms with van der Waals surface area (Å²) < 4.78 is 2.21. The maximum absolute atomic E-state index is 11.9. The van der Waals surface area contributed by atoms with Gasteiger partial charge in [0.15, 0.2) is 6.20 Å². The van der Waals surface area contributed by atoms with Crippen LogP contribution in [-0.2, 0) is 11.3 Å². The van der Waals surface area contributed by atoms with E-state index in [1.807, 2.05) is 0 Å². The molecule has 116 valence electrons. The number of hydrogen-bond acceptors (Lipinski definition) is 3. The minimum Gasteiger partial charge on any atom is -1.00 e. The van der Waals surface area contributed by atoms with Gasteiger partial charge in [-0.15, -0.1) is 0 Å². The molecule has 0 atom stereocenters. The van der Waals surface area contributed by atoms with Crippen molar-refractivity contribution < 1.29 is 26.7 Å². The Morgan fingerprint density at radius 1 is 1.32 bits per heavy atom. The molecule has 9 heteroatoms. The van der Waals surface area contributed by atoms with E-state index in [2.05, 4.69) is 21.2 Å². The lowest BCUT2D eigenvalue weighted by atomic mass is 10.3. The Morgan fingerprint density at radius 2 is 1.95 bits per heavy atom. The van der Waals surface area contributed by atoms with Crippen LogP contribution in [0, 0.1) is 10.1 Å². The van der Waals surface area contributed by atoms with Crippen LogP contribution < -0.4 is 22.3 Å². The molecule has 2 aromatic rings. The lowest BCUT2D eigenvalue weighted by molar-refractivity contribution is -0.684. The molecule has 0 fully saturated rings. The molecule has 6 nitrogen and oxygen atoms in total. The van der Waals surface area contributed by atoms with E-state index in [0.717, 1.165) is 4.47 Å². The Morgan fingerprint density at radius 3 is 2.55 bits per heavy atom. The van der Waals surface area contributed by atoms with E-state index in [1.54, 1.807) is 24.3 Å². The lowest BCUT2D eigenvalue weighted by Gasteiger charge is -2.03. The van der Waals surface area contributed by atoms with Gasteiger partial charge in [-0.1, -0.05) is 15.9 Å². The largest absolute Gasteiger partial charge is 1.00 e. The van der Waals surface area contributed by atoms with Crippen LogP contribution in [0.5, 0.6) is 0 Å². The summed E-state index contributed by atoms with van der Waals surface area (Å²) in [5.74, 6) is -0.329. The first-order chi connectivity index (χ1) is 9.97. The summed E-state index contributed by atoms with van der Waals surface area (Å²) in [6.45, 7) is -0.115. The summed E-state index contributed by atoms with van der Waals surface area (Å²) in [7, 11) is 0. The molecule has 0 unspecified atom stereocenters. The van der Waals surface area contributed by atoms with E-state index < -0.39 is 4.92 Å². The first-order valence-electron chi connectivity index (χ1n) is 5.85. The van der Waals surface area contributed by atoms with E-state index in [4.69, 9.17) is 11.6 Å². The average Bonchev–Trinajstić information content (AvgIpc) is 2.43. The molecule has 0 spiro atoms. The molecule has 0 aliphatic carbocycles. The zero-order chi connectivity index (χ0) is 15.4. The van der Waals surface area contributed by atoms with Crippen LogP contribution in [0.3, 0.4) is 0 Å². The van der Waals surface area contributed by atoms with E-state index >= 15 is 0 Å². The molecule has 0 saturated carbocycles. The third kappa shape index (κ3) is 4.66. The number of carbonyl (C=O) groups excluding carboxylic acids is 1. The Bertz CT molecular complexity index is 695. The molecule has 0 aliphatic heterocycles. The number of carbonyl (C=O) groups is 1. The number of hydrogen-bond donors (Lipinski definition) is 1. The number of amides is 1. The van der Waals surface area contributed by atoms with Crippen molar-refractivity contribution in [2.45, 2.75) is 6.54 Å². The Balaban J connectivity index is 0.00000242. The Hall–Kier alpha value is -1.70. The monoisotopic (exact) mass is 405 g/mol. The zero-order valence-corrected chi connectivity index (χ0v) is 14.1. The Labute approximate surface area is 145 Å². The summed E-state index contributed by atoms with van der Waals surface area (Å²) in [5.41, 5.74) is 0.390. The highest BCUT2D eigenvalue weighted by molar-refractivity contribution is 9.10. The number of nitrogens with one attached hydrogen (secondary N) is 1. The predicted molar refractivity (Wildman–Crippen MR) is 81.1 cm³/mol. The van der Waals surface area contributed by atoms with Gasteiger partial charge in [-0.2, -0.15) is 4.57 Å². The number of nitro groups is 1. The second-order valence-electron chi connectivity index (χ2n) is 4.12. The summed E-state index contributed by atoms with van der Waals surface area (Å²) in [6.07, 6.45) is 1.51. The quantitative estimate of drug-likeness (QED) is 0.334. The van der Waals surface area contributed by atoms with Crippen LogP contribution in [0.15, 0.2) is 47.1 Å². The van der Waals surface area contributed by atoms with Gasteiger partial charge < -0.3 is 17.7 Å². The molecule has 0 radical (unpaired) electrons. The average molecular weight is 407 g/mol. The number of halogens is 3. The minimum atomic E-state index is -0.592. The van der Waals surface area contributed by atoms with Crippen molar-refractivity contribution in [3.8, 4) is 0 Å². The van der Waals surface area contributed by atoms with Crippen molar-refractivity contribution in [3.63, 3.8) is 0 Å². The fourth-order valence-corrected chi connectivity index (χ4v) is 2.18. The number of rotatable bonds is 4. The summed E-state index contributed by atoms with van der Waals surface area (Å²) in [5, 5.41) is 13.4. The van der Waals surface area contributed by atoms with Crippen LogP contribution in [0.1, 0.15) is 0 Å². The first kappa shape index (κ1) is 18.3. The van der Waals surface area contributed by atoms with Gasteiger partial charge in [0.1, 0.15) is 0 Å². The van der Waals surface area contributed by atoms with Gasteiger partial charge in [0.2, 0.25) is 6.54 Å². The Kier molecular flexibility index (Phi) is 6.73. The summed E-state index contributed by atoms with van der Waals surface area (Å²) in [6, 6.07) is 9.82. The van der Waals surface area contributed by atoms with Crippen LogP contribution in [-0.4, -0.2) is 10.8 Å². The molecule has 0 aliphatic rings.